The molecule has 0 saturated heterocycles. The maximum atomic E-state index is 14.2. The van der Waals surface area contributed by atoms with Crippen molar-refractivity contribution < 1.29 is 45.0 Å². The predicted octanol–water partition coefficient (Wildman–Crippen LogP) is 8.42. The van der Waals surface area contributed by atoms with Crippen LogP contribution in [0.25, 0.3) is 22.1 Å². The number of carbonyl (C=O) groups excluding carboxylic acids is 1. The second-order valence-corrected chi connectivity index (χ2v) is 10.6. The van der Waals surface area contributed by atoms with Gasteiger partial charge >= 0.3 is 23.9 Å². The summed E-state index contributed by atoms with van der Waals surface area (Å²) in [5.41, 5.74) is -4.73. The fourth-order valence-electron chi connectivity index (χ4n) is 5.34. The molecule has 5 nitrogen and oxygen atoms in total. The highest BCUT2D eigenvalue weighted by molar-refractivity contribution is 5.83. The van der Waals surface area contributed by atoms with E-state index in [-0.39, 0.29) is 40.7 Å². The van der Waals surface area contributed by atoms with Crippen LogP contribution in [0, 0.1) is 5.41 Å². The van der Waals surface area contributed by atoms with E-state index in [0.717, 1.165) is 38.3 Å². The lowest BCUT2D eigenvalue weighted by molar-refractivity contribution is -0.262. The molecule has 1 aliphatic carbocycles. The molecule has 0 radical (unpaired) electrons. The molecule has 0 N–H and O–H groups in total. The Kier molecular flexibility index (Phi) is 8.80. The average molecular weight is 597 g/mol. The van der Waals surface area contributed by atoms with Crippen LogP contribution in [0.4, 0.5) is 26.3 Å². The molecular weight excluding hydrogens is 566 g/mol. The molecule has 1 aromatic heterocycles. The number of ether oxygens (including phenoxy) is 2. The van der Waals surface area contributed by atoms with Gasteiger partial charge in [0.25, 0.3) is 0 Å². The van der Waals surface area contributed by atoms with E-state index in [1.165, 1.54) is 30.3 Å². The number of esters is 1. The van der Waals surface area contributed by atoms with Crippen LogP contribution in [-0.2, 0) is 22.1 Å². The average Bonchev–Trinajstić information content (AvgIpc) is 3.23. The summed E-state index contributed by atoms with van der Waals surface area (Å²) in [6.45, 7) is 6.12. The molecule has 3 aromatic rings. The Morgan fingerprint density at radius 1 is 1.02 bits per heavy atom. The number of rotatable bonds is 9. The molecule has 0 spiro atoms. The SMILES string of the molecule is C=CC(=O)OC1CCC(Oc2ccc3cc(-c4ccc(CCCCC)cc4C(F)(F)F)c(=O)oc3c2)C1(C)C(F)(F)F. The van der Waals surface area contributed by atoms with Crippen molar-refractivity contribution in [3.05, 3.63) is 76.7 Å². The van der Waals surface area contributed by atoms with Crippen molar-refractivity contribution in [2.45, 2.75) is 76.9 Å². The molecule has 4 rings (SSSR count). The van der Waals surface area contributed by atoms with E-state index in [2.05, 4.69) is 6.58 Å². The van der Waals surface area contributed by atoms with E-state index in [1.807, 2.05) is 6.92 Å². The number of hydrogen-bond acceptors (Lipinski definition) is 5. The van der Waals surface area contributed by atoms with Gasteiger partial charge in [-0.15, -0.1) is 0 Å². The van der Waals surface area contributed by atoms with E-state index < -0.39 is 47.1 Å². The molecule has 42 heavy (non-hydrogen) atoms. The second-order valence-electron chi connectivity index (χ2n) is 10.6. The third-order valence-electron chi connectivity index (χ3n) is 7.80. The van der Waals surface area contributed by atoms with Crippen LogP contribution in [0.15, 0.2) is 64.3 Å². The van der Waals surface area contributed by atoms with Gasteiger partial charge in [0.05, 0.1) is 11.1 Å². The first-order chi connectivity index (χ1) is 19.7. The highest BCUT2D eigenvalue weighted by Crippen LogP contribution is 2.53. The zero-order valence-corrected chi connectivity index (χ0v) is 23.0. The van der Waals surface area contributed by atoms with Gasteiger partial charge in [-0.25, -0.2) is 9.59 Å². The molecule has 3 atom stereocenters. The van der Waals surface area contributed by atoms with Crippen molar-refractivity contribution in [3.8, 4) is 16.9 Å². The van der Waals surface area contributed by atoms with Gasteiger partial charge in [-0.3, -0.25) is 0 Å². The minimum Gasteiger partial charge on any atom is -0.489 e. The molecule has 1 aliphatic rings. The first kappa shape index (κ1) is 31.2. The maximum absolute atomic E-state index is 14.2. The number of carbonyl (C=O) groups is 1. The number of fused-ring (bicyclic) bond motifs is 1. The van der Waals surface area contributed by atoms with E-state index in [0.29, 0.717) is 12.0 Å². The van der Waals surface area contributed by atoms with Crippen molar-refractivity contribution in [1.29, 1.82) is 0 Å². The number of halogens is 6. The Balaban J connectivity index is 1.66. The Labute approximate surface area is 238 Å². The van der Waals surface area contributed by atoms with Crippen molar-refractivity contribution in [2.24, 2.45) is 5.41 Å². The number of alkyl halides is 6. The quantitative estimate of drug-likeness (QED) is 0.0816. The molecule has 1 heterocycles. The first-order valence-electron chi connectivity index (χ1n) is 13.5. The summed E-state index contributed by atoms with van der Waals surface area (Å²) >= 11 is 0. The Bertz CT molecular complexity index is 1520. The molecule has 2 aromatic carbocycles. The summed E-state index contributed by atoms with van der Waals surface area (Å²) in [6, 6.07) is 9.05. The van der Waals surface area contributed by atoms with Gasteiger partial charge < -0.3 is 13.9 Å². The van der Waals surface area contributed by atoms with E-state index in [4.69, 9.17) is 13.9 Å². The molecule has 0 aliphatic heterocycles. The summed E-state index contributed by atoms with van der Waals surface area (Å²) in [5, 5.41) is 0.250. The molecule has 0 amide bonds. The largest absolute Gasteiger partial charge is 0.489 e. The minimum absolute atomic E-state index is 0.0537. The summed E-state index contributed by atoms with van der Waals surface area (Å²) < 4.78 is 101. The molecule has 0 bridgehead atoms. The first-order valence-corrected chi connectivity index (χ1v) is 13.5. The van der Waals surface area contributed by atoms with Crippen molar-refractivity contribution in [2.75, 3.05) is 0 Å². The predicted molar refractivity (Wildman–Crippen MR) is 144 cm³/mol. The lowest BCUT2D eigenvalue weighted by Crippen LogP contribution is -2.51. The number of hydrogen-bond donors (Lipinski definition) is 0. The van der Waals surface area contributed by atoms with Gasteiger partial charge in [0.1, 0.15) is 29.0 Å². The van der Waals surface area contributed by atoms with Crippen LogP contribution >= 0.6 is 0 Å². The molecule has 11 heteroatoms. The van der Waals surface area contributed by atoms with Crippen LogP contribution in [0.1, 0.15) is 57.1 Å². The highest BCUT2D eigenvalue weighted by atomic mass is 19.4. The van der Waals surface area contributed by atoms with Crippen LogP contribution in [0.2, 0.25) is 0 Å². The molecular formula is C31H30F6O5. The standard InChI is InChI=1S/C31H30F6O5/c1-4-6-7-8-18-9-12-21(23(15-18)30(32,33)34)22-16-19-10-11-20(17-24(19)41-28(22)39)40-25-13-14-26(42-27(38)5-2)29(25,3)31(35,36)37/h5,9-12,15-17,25-26H,2,4,6-8,13-14H2,1,3H3. The van der Waals surface area contributed by atoms with Crippen molar-refractivity contribution >= 4 is 16.9 Å². The third-order valence-corrected chi connectivity index (χ3v) is 7.80. The molecule has 226 valence electrons. The van der Waals surface area contributed by atoms with Gasteiger partial charge in [-0.2, -0.15) is 26.3 Å². The van der Waals surface area contributed by atoms with Gasteiger partial charge in [0.15, 0.2) is 0 Å². The van der Waals surface area contributed by atoms with E-state index >= 15 is 0 Å². The Morgan fingerprint density at radius 2 is 1.74 bits per heavy atom. The van der Waals surface area contributed by atoms with Gasteiger partial charge in [-0.1, -0.05) is 38.5 Å². The van der Waals surface area contributed by atoms with Crippen LogP contribution in [-0.4, -0.2) is 24.4 Å². The second kappa shape index (κ2) is 11.9. The summed E-state index contributed by atoms with van der Waals surface area (Å²) in [7, 11) is 0. The van der Waals surface area contributed by atoms with Crippen LogP contribution < -0.4 is 10.4 Å². The highest BCUT2D eigenvalue weighted by Gasteiger charge is 2.66. The van der Waals surface area contributed by atoms with Crippen molar-refractivity contribution in [1.82, 2.24) is 0 Å². The van der Waals surface area contributed by atoms with Crippen molar-refractivity contribution in [3.63, 3.8) is 0 Å². The molecule has 3 unspecified atom stereocenters. The lowest BCUT2D eigenvalue weighted by atomic mass is 9.83. The summed E-state index contributed by atoms with van der Waals surface area (Å²) in [4.78, 5) is 24.5. The Morgan fingerprint density at radius 3 is 2.38 bits per heavy atom. The number of unbranched alkanes of at least 4 members (excludes halogenated alkanes) is 2. The zero-order valence-electron chi connectivity index (χ0n) is 23.0. The molecule has 1 fully saturated rings. The number of benzene rings is 2. The summed E-state index contributed by atoms with van der Waals surface area (Å²) in [5.74, 6) is -1.04. The van der Waals surface area contributed by atoms with Crippen LogP contribution in [0.5, 0.6) is 5.75 Å². The monoisotopic (exact) mass is 596 g/mol. The zero-order chi connectivity index (χ0) is 30.9. The van der Waals surface area contributed by atoms with Gasteiger partial charge in [-0.05, 0) is 62.4 Å². The van der Waals surface area contributed by atoms with E-state index in [9.17, 15) is 35.9 Å². The van der Waals surface area contributed by atoms with Crippen LogP contribution in [0.3, 0.4) is 0 Å². The van der Waals surface area contributed by atoms with Gasteiger partial charge in [0.2, 0.25) is 0 Å². The lowest BCUT2D eigenvalue weighted by Gasteiger charge is -2.37. The topological polar surface area (TPSA) is 65.7 Å². The minimum atomic E-state index is -4.79. The number of aryl methyl sites for hydroxylation is 1. The van der Waals surface area contributed by atoms with E-state index in [1.54, 1.807) is 6.07 Å². The summed E-state index contributed by atoms with van der Waals surface area (Å²) in [6.07, 6.45) is -8.86. The molecule has 1 saturated carbocycles. The van der Waals surface area contributed by atoms with Gasteiger partial charge in [0, 0.05) is 23.1 Å². The third kappa shape index (κ3) is 6.19. The smallest absolute Gasteiger partial charge is 0.417 e. The Hall–Kier alpha value is -3.76. The fraction of sp³-hybridized carbons (Fsp3) is 0.419. The maximum Gasteiger partial charge on any atom is 0.417 e. The normalized spacial score (nSPS) is 21.0. The fourth-order valence-corrected chi connectivity index (χ4v) is 5.34.